The van der Waals surface area contributed by atoms with Crippen molar-refractivity contribution in [3.8, 4) is 0 Å². The molecule has 0 aromatic carbocycles. The Morgan fingerprint density at radius 3 is 1.72 bits per heavy atom. The Kier molecular flexibility index (Phi) is 9.60. The summed E-state index contributed by atoms with van der Waals surface area (Å²) in [4.78, 5) is 56.5. The van der Waals surface area contributed by atoms with Crippen LogP contribution < -0.4 is 5.32 Å². The van der Waals surface area contributed by atoms with Crippen molar-refractivity contribution < 1.29 is 38.1 Å². The van der Waals surface area contributed by atoms with E-state index in [0.717, 1.165) is 0 Å². The highest BCUT2D eigenvalue weighted by Crippen LogP contribution is 2.49. The molecule has 1 N–H and O–H groups in total. The molecule has 196 valence electrons. The maximum absolute atomic E-state index is 13.6. The average molecular weight is 539 g/mol. The number of esters is 4. The maximum atomic E-state index is 13.6. The highest BCUT2D eigenvalue weighted by molar-refractivity contribution is 7.10. The molecule has 2 atom stereocenters. The zero-order chi connectivity index (χ0) is 26.3. The lowest BCUT2D eigenvalue weighted by molar-refractivity contribution is -0.172. The van der Waals surface area contributed by atoms with Gasteiger partial charge in [-0.15, -0.1) is 22.7 Å². The van der Waals surface area contributed by atoms with Crippen molar-refractivity contribution in [2.45, 2.75) is 51.5 Å². The van der Waals surface area contributed by atoms with Crippen molar-refractivity contribution in [1.82, 2.24) is 10.2 Å². The Morgan fingerprint density at radius 2 is 1.31 bits per heavy atom. The van der Waals surface area contributed by atoms with Crippen LogP contribution in [-0.4, -0.2) is 66.8 Å². The summed E-state index contributed by atoms with van der Waals surface area (Å²) >= 11 is 2.60. The van der Waals surface area contributed by atoms with Gasteiger partial charge < -0.3 is 18.9 Å². The first-order chi connectivity index (χ1) is 17.4. The zero-order valence-corrected chi connectivity index (χ0v) is 22.2. The molecular formula is C24H30N2O8S2. The molecule has 1 fully saturated rings. The fraction of sp³-hybridized carbons (Fsp3) is 0.500. The van der Waals surface area contributed by atoms with Crippen LogP contribution in [0.1, 0.15) is 49.7 Å². The third-order valence-electron chi connectivity index (χ3n) is 5.51. The predicted molar refractivity (Wildman–Crippen MR) is 132 cm³/mol. The van der Waals surface area contributed by atoms with Gasteiger partial charge in [0.05, 0.1) is 38.6 Å². The fourth-order valence-corrected chi connectivity index (χ4v) is 5.89. The number of hydrogen-bond donors (Lipinski definition) is 1. The van der Waals surface area contributed by atoms with Crippen LogP contribution in [-0.2, 0) is 38.1 Å². The Morgan fingerprint density at radius 1 is 0.833 bits per heavy atom. The largest absolute Gasteiger partial charge is 0.464 e. The van der Waals surface area contributed by atoms with Gasteiger partial charge in [-0.05, 0) is 50.6 Å². The molecule has 12 heteroatoms. The van der Waals surface area contributed by atoms with E-state index in [0.29, 0.717) is 9.75 Å². The second-order valence-corrected chi connectivity index (χ2v) is 9.54. The van der Waals surface area contributed by atoms with E-state index in [4.69, 9.17) is 18.9 Å². The van der Waals surface area contributed by atoms with E-state index in [1.165, 1.54) is 27.6 Å². The average Bonchev–Trinajstić information content (AvgIpc) is 3.60. The Bertz CT molecular complexity index is 1000. The van der Waals surface area contributed by atoms with Crippen LogP contribution in [0.4, 0.5) is 0 Å². The third kappa shape index (κ3) is 5.17. The second kappa shape index (κ2) is 12.4. The maximum Gasteiger partial charge on any atom is 0.340 e. The molecule has 0 amide bonds. The molecule has 0 saturated carbocycles. The summed E-state index contributed by atoms with van der Waals surface area (Å²) in [6.45, 7) is 6.54. The Balaban J connectivity index is 2.33. The van der Waals surface area contributed by atoms with Gasteiger partial charge >= 0.3 is 23.9 Å². The van der Waals surface area contributed by atoms with E-state index in [2.05, 4.69) is 5.32 Å². The lowest BCUT2D eigenvalue weighted by Crippen LogP contribution is -2.60. The van der Waals surface area contributed by atoms with Crippen LogP contribution in [0.15, 0.2) is 35.0 Å². The van der Waals surface area contributed by atoms with Crippen molar-refractivity contribution in [2.75, 3.05) is 26.4 Å². The van der Waals surface area contributed by atoms with Crippen LogP contribution in [0.5, 0.6) is 0 Å². The van der Waals surface area contributed by atoms with Gasteiger partial charge in [-0.3, -0.25) is 5.32 Å². The molecule has 0 unspecified atom stereocenters. The number of nitrogens with one attached hydrogen (secondary N) is 1. The predicted octanol–water partition coefficient (Wildman–Crippen LogP) is 2.81. The first-order valence-electron chi connectivity index (χ1n) is 11.7. The molecular weight excluding hydrogens is 508 g/mol. The van der Waals surface area contributed by atoms with Gasteiger partial charge in [0.2, 0.25) is 11.6 Å². The van der Waals surface area contributed by atoms with Gasteiger partial charge in [-0.1, -0.05) is 12.1 Å². The SMILES string of the molecule is CCOC(=O)C(C(=O)OCC)N1[C@@H](c2cccs2)NC(C(=O)OCC)(C(=O)OCC)[C@@H]1c1cccs1. The molecule has 1 saturated heterocycles. The molecule has 3 rings (SSSR count). The van der Waals surface area contributed by atoms with Crippen molar-refractivity contribution in [1.29, 1.82) is 0 Å². The lowest BCUT2D eigenvalue weighted by atomic mass is 9.88. The molecule has 0 radical (unpaired) electrons. The standard InChI is InChI=1S/C24H30N2O8S2/c1-5-31-20(27)17(21(28)32-6-2)26-18(15-11-9-13-35-15)24(22(29)33-7-3,23(30)34-8-4)25-19(26)16-12-10-14-36-16/h9-14,17-19,25H,5-8H2,1-4H3/t18-,19-/m0/s1. The molecule has 0 bridgehead atoms. The summed E-state index contributed by atoms with van der Waals surface area (Å²) in [7, 11) is 0. The molecule has 0 aliphatic carbocycles. The smallest absolute Gasteiger partial charge is 0.340 e. The first-order valence-corrected chi connectivity index (χ1v) is 13.4. The fourth-order valence-electron chi connectivity index (χ4n) is 4.21. The van der Waals surface area contributed by atoms with Crippen molar-refractivity contribution in [2.24, 2.45) is 0 Å². The Labute approximate surface area is 217 Å². The molecule has 36 heavy (non-hydrogen) atoms. The van der Waals surface area contributed by atoms with Gasteiger partial charge in [-0.2, -0.15) is 0 Å². The minimum Gasteiger partial charge on any atom is -0.464 e. The number of carbonyl (C=O) groups excluding carboxylic acids is 4. The number of hydrogen-bond acceptors (Lipinski definition) is 12. The van der Waals surface area contributed by atoms with Crippen LogP contribution >= 0.6 is 22.7 Å². The second-order valence-electron chi connectivity index (χ2n) is 7.58. The zero-order valence-electron chi connectivity index (χ0n) is 20.6. The van der Waals surface area contributed by atoms with Gasteiger partial charge in [0.1, 0.15) is 0 Å². The summed E-state index contributed by atoms with van der Waals surface area (Å²) in [5.41, 5.74) is -2.08. The number of rotatable bonds is 11. The van der Waals surface area contributed by atoms with E-state index < -0.39 is 47.7 Å². The highest BCUT2D eigenvalue weighted by atomic mass is 32.1. The summed E-state index contributed by atoms with van der Waals surface area (Å²) in [6, 6.07) is 4.31. The minimum absolute atomic E-state index is 0.00167. The highest BCUT2D eigenvalue weighted by Gasteiger charge is 2.67. The summed E-state index contributed by atoms with van der Waals surface area (Å²) < 4.78 is 21.3. The van der Waals surface area contributed by atoms with E-state index in [9.17, 15) is 19.2 Å². The van der Waals surface area contributed by atoms with Crippen LogP contribution in [0.25, 0.3) is 0 Å². The molecule has 3 heterocycles. The molecule has 0 spiro atoms. The lowest BCUT2D eigenvalue weighted by Gasteiger charge is -2.35. The van der Waals surface area contributed by atoms with E-state index in [-0.39, 0.29) is 26.4 Å². The molecule has 1 aliphatic heterocycles. The first kappa shape index (κ1) is 27.8. The number of nitrogens with zero attached hydrogens (tertiary/aromatic N) is 1. The van der Waals surface area contributed by atoms with Gasteiger partial charge in [-0.25, -0.2) is 24.1 Å². The molecule has 2 aromatic heterocycles. The summed E-state index contributed by atoms with van der Waals surface area (Å²) in [6.07, 6.45) is -0.926. The van der Waals surface area contributed by atoms with Gasteiger partial charge in [0.15, 0.2) is 0 Å². The van der Waals surface area contributed by atoms with Gasteiger partial charge in [0, 0.05) is 9.75 Å². The van der Waals surface area contributed by atoms with Crippen LogP contribution in [0.3, 0.4) is 0 Å². The van der Waals surface area contributed by atoms with Crippen molar-refractivity contribution in [3.63, 3.8) is 0 Å². The Hall–Kier alpha value is -2.80. The monoisotopic (exact) mass is 538 g/mol. The van der Waals surface area contributed by atoms with Crippen LogP contribution in [0, 0.1) is 0 Å². The van der Waals surface area contributed by atoms with Crippen molar-refractivity contribution in [3.05, 3.63) is 44.8 Å². The quantitative estimate of drug-likeness (QED) is 0.260. The van der Waals surface area contributed by atoms with E-state index >= 15 is 0 Å². The molecule has 1 aliphatic rings. The molecule has 2 aromatic rings. The third-order valence-corrected chi connectivity index (χ3v) is 7.36. The number of thiophene rings is 2. The minimum atomic E-state index is -2.08. The van der Waals surface area contributed by atoms with E-state index in [1.807, 2.05) is 5.38 Å². The van der Waals surface area contributed by atoms with Gasteiger partial charge in [0.25, 0.3) is 0 Å². The number of carbonyl (C=O) groups is 4. The molecule has 10 nitrogen and oxygen atoms in total. The van der Waals surface area contributed by atoms with Crippen LogP contribution in [0.2, 0.25) is 0 Å². The topological polar surface area (TPSA) is 120 Å². The number of ether oxygens (including phenoxy) is 4. The normalized spacial score (nSPS) is 19.1. The summed E-state index contributed by atoms with van der Waals surface area (Å²) in [5, 5.41) is 6.71. The van der Waals surface area contributed by atoms with Crippen molar-refractivity contribution >= 4 is 46.6 Å². The van der Waals surface area contributed by atoms with E-state index in [1.54, 1.807) is 57.3 Å². The summed E-state index contributed by atoms with van der Waals surface area (Å²) in [5.74, 6) is -3.47.